The van der Waals surface area contributed by atoms with Crippen molar-refractivity contribution in [3.8, 4) is 33.6 Å². The van der Waals surface area contributed by atoms with Crippen molar-refractivity contribution in [1.82, 2.24) is 44.5 Å². The van der Waals surface area contributed by atoms with Gasteiger partial charge in [0.25, 0.3) is 0 Å². The molecule has 2 saturated heterocycles. The van der Waals surface area contributed by atoms with E-state index >= 15 is 0 Å². The van der Waals surface area contributed by atoms with Gasteiger partial charge in [0, 0.05) is 98.4 Å². The highest BCUT2D eigenvalue weighted by Gasteiger charge is 2.32. The summed E-state index contributed by atoms with van der Waals surface area (Å²) in [6.07, 6.45) is 16.7. The second-order valence-electron chi connectivity index (χ2n) is 18.6. The monoisotopic (exact) mass is 864 g/mol. The molecule has 4 N–H and O–H groups in total. The zero-order valence-corrected chi connectivity index (χ0v) is 36.8. The fraction of sp³-hybridized carbons (Fsp3) is 0.531. The van der Waals surface area contributed by atoms with Crippen LogP contribution in [0.5, 0.6) is 0 Å². The van der Waals surface area contributed by atoms with Crippen LogP contribution in [0.25, 0.3) is 33.6 Å². The van der Waals surface area contributed by atoms with Gasteiger partial charge in [0.05, 0.1) is 44.4 Å². The summed E-state index contributed by atoms with van der Waals surface area (Å²) in [6.45, 7) is 8.79. The second-order valence-corrected chi connectivity index (χ2v) is 18.6. The van der Waals surface area contributed by atoms with Crippen LogP contribution in [0.1, 0.15) is 96.5 Å². The Kier molecular flexibility index (Phi) is 11.9. The molecule has 2 aromatic carbocycles. The van der Waals surface area contributed by atoms with Gasteiger partial charge >= 0.3 is 0 Å². The lowest BCUT2D eigenvalue weighted by Crippen LogP contribution is -2.46. The lowest BCUT2D eigenvalue weighted by atomic mass is 9.89. The fourth-order valence-corrected chi connectivity index (χ4v) is 11.4. The van der Waals surface area contributed by atoms with Gasteiger partial charge in [-0.1, -0.05) is 24.3 Å². The number of aromatic nitrogens is 7. The Morgan fingerprint density at radius 3 is 1.77 bits per heavy atom. The first-order valence-electron chi connectivity index (χ1n) is 23.8. The van der Waals surface area contributed by atoms with Gasteiger partial charge in [-0.3, -0.25) is 14.6 Å². The van der Waals surface area contributed by atoms with Crippen LogP contribution in [0.3, 0.4) is 0 Å². The molecule has 5 aromatic rings. The summed E-state index contributed by atoms with van der Waals surface area (Å²) in [6, 6.07) is 14.8. The molecule has 15 nitrogen and oxygen atoms in total. The lowest BCUT2D eigenvalue weighted by Gasteiger charge is -2.39. The normalized spacial score (nSPS) is 23.8. The number of carbonyl (C=O) groups is 1. The number of carbonyl (C=O) groups excluding carboxylic acids is 1. The molecular formula is C49H60N12O3. The van der Waals surface area contributed by atoms with Crippen LogP contribution in [0.4, 0.5) is 11.6 Å². The number of hydrogen-bond donors (Lipinski definition) is 3. The molecular weight excluding hydrogens is 805 g/mol. The van der Waals surface area contributed by atoms with Gasteiger partial charge in [0.1, 0.15) is 30.1 Å². The smallest absolute Gasteiger partial charge is 0.176 e. The van der Waals surface area contributed by atoms with Crippen LogP contribution < -0.4 is 16.4 Å². The minimum Gasteiger partial charge on any atom is -0.379 e. The predicted octanol–water partition coefficient (Wildman–Crippen LogP) is 5.55. The maximum Gasteiger partial charge on any atom is 0.176 e. The van der Waals surface area contributed by atoms with E-state index in [0.717, 1.165) is 149 Å². The average Bonchev–Trinajstić information content (AvgIpc) is 4.15. The van der Waals surface area contributed by atoms with Gasteiger partial charge in [0.2, 0.25) is 0 Å². The molecule has 0 radical (unpaired) electrons. The number of aryl methyl sites for hydroxylation is 1. The first kappa shape index (κ1) is 41.5. The van der Waals surface area contributed by atoms with Crippen molar-refractivity contribution in [3.63, 3.8) is 0 Å². The first-order valence-corrected chi connectivity index (χ1v) is 23.8. The van der Waals surface area contributed by atoms with Gasteiger partial charge in [0.15, 0.2) is 11.6 Å². The van der Waals surface area contributed by atoms with Gasteiger partial charge in [-0.05, 0) is 92.2 Å². The molecule has 0 bridgehead atoms. The SMILES string of the molecule is NCC(=O)c1ccc2c(c1)-c1c(ncnc1NC1CCC(N3CCOCC3)CC1)C2.c1nc2c(c(NC3CCC(N4CCOCC4)CC3)n1)-c1cc(-c3nnc4n3CCC4)ccc1C2. The largest absolute Gasteiger partial charge is 0.379 e. The molecule has 7 aliphatic rings. The maximum atomic E-state index is 12.1. The van der Waals surface area contributed by atoms with Crippen LogP contribution in [0, 0.1) is 0 Å². The summed E-state index contributed by atoms with van der Waals surface area (Å²) < 4.78 is 13.3. The number of nitrogens with zero attached hydrogens (tertiary/aromatic N) is 9. The van der Waals surface area contributed by atoms with Gasteiger partial charge < -0.3 is 30.4 Å². The third-order valence-electron chi connectivity index (χ3n) is 14.9. The number of fused-ring (bicyclic) bond motifs is 7. The van der Waals surface area contributed by atoms with Crippen molar-refractivity contribution >= 4 is 17.4 Å². The van der Waals surface area contributed by atoms with Gasteiger partial charge in [-0.2, -0.15) is 0 Å². The van der Waals surface area contributed by atoms with Crippen molar-refractivity contribution in [1.29, 1.82) is 0 Å². The molecule has 0 unspecified atom stereocenters. The number of rotatable bonds is 9. The highest BCUT2D eigenvalue weighted by atomic mass is 16.5. The van der Waals surface area contributed by atoms with E-state index in [1.54, 1.807) is 12.7 Å². The van der Waals surface area contributed by atoms with Crippen molar-refractivity contribution < 1.29 is 14.3 Å². The minimum atomic E-state index is -0.0426. The summed E-state index contributed by atoms with van der Waals surface area (Å²) in [7, 11) is 0. The third kappa shape index (κ3) is 8.32. The number of hydrogen-bond acceptors (Lipinski definition) is 14. The van der Waals surface area contributed by atoms with E-state index in [1.807, 2.05) is 18.2 Å². The zero-order chi connectivity index (χ0) is 43.0. The number of Topliss-reactive ketones (excluding diaryl/α,β-unsaturated/α-hetero) is 1. The van der Waals surface area contributed by atoms with Crippen LogP contribution in [-0.2, 0) is 35.3 Å². The summed E-state index contributed by atoms with van der Waals surface area (Å²) in [4.78, 5) is 35.8. The van der Waals surface area contributed by atoms with Crippen molar-refractivity contribution in [2.45, 2.75) is 108 Å². The van der Waals surface area contributed by atoms with Crippen LogP contribution in [0.2, 0.25) is 0 Å². The zero-order valence-electron chi connectivity index (χ0n) is 36.8. The van der Waals surface area contributed by atoms with Crippen LogP contribution >= 0.6 is 0 Å². The van der Waals surface area contributed by atoms with E-state index < -0.39 is 0 Å². The second kappa shape index (κ2) is 18.4. The molecule has 0 atom stereocenters. The number of anilines is 2. The molecule has 4 fully saturated rings. The van der Waals surface area contributed by atoms with E-state index in [-0.39, 0.29) is 12.3 Å². The Morgan fingerprint density at radius 1 is 0.656 bits per heavy atom. The van der Waals surface area contributed by atoms with Crippen LogP contribution in [-0.4, -0.2) is 134 Å². The Balaban J connectivity index is 0.000000144. The van der Waals surface area contributed by atoms with E-state index in [9.17, 15) is 4.79 Å². The summed E-state index contributed by atoms with van der Waals surface area (Å²) >= 11 is 0. The molecule has 4 aliphatic carbocycles. The number of nitrogens with one attached hydrogen (secondary N) is 2. The highest BCUT2D eigenvalue weighted by Crippen LogP contribution is 2.43. The molecule has 15 heteroatoms. The van der Waals surface area contributed by atoms with E-state index in [4.69, 9.17) is 20.2 Å². The summed E-state index contributed by atoms with van der Waals surface area (Å²) in [5, 5.41) is 16.4. The van der Waals surface area contributed by atoms with Crippen LogP contribution in [0.15, 0.2) is 49.1 Å². The van der Waals surface area contributed by atoms with Crippen molar-refractivity contribution in [3.05, 3.63) is 83.0 Å². The Hall–Kier alpha value is -5.19. The predicted molar refractivity (Wildman–Crippen MR) is 245 cm³/mol. The lowest BCUT2D eigenvalue weighted by molar-refractivity contribution is 0.00788. The van der Waals surface area contributed by atoms with E-state index in [0.29, 0.717) is 29.7 Å². The molecule has 3 aliphatic heterocycles. The molecule has 0 amide bonds. The number of ether oxygens (including phenoxy) is 2. The maximum absolute atomic E-state index is 12.1. The molecule has 64 heavy (non-hydrogen) atoms. The van der Waals surface area contributed by atoms with Gasteiger partial charge in [-0.25, -0.2) is 19.9 Å². The molecule has 334 valence electrons. The molecule has 12 rings (SSSR count). The molecule has 3 aromatic heterocycles. The van der Waals surface area contributed by atoms with E-state index in [2.05, 4.69) is 68.3 Å². The van der Waals surface area contributed by atoms with Crippen molar-refractivity contribution in [2.75, 3.05) is 69.8 Å². The number of nitrogens with two attached hydrogens (primary N) is 1. The molecule has 6 heterocycles. The van der Waals surface area contributed by atoms with Gasteiger partial charge in [-0.15, -0.1) is 10.2 Å². The topological polar surface area (TPSA) is 174 Å². The Labute approximate surface area is 375 Å². The first-order chi connectivity index (χ1) is 31.6. The fourth-order valence-electron chi connectivity index (χ4n) is 11.4. The molecule has 2 saturated carbocycles. The Bertz CT molecular complexity index is 2480. The minimum absolute atomic E-state index is 0.0222. The quantitative estimate of drug-likeness (QED) is 0.154. The standard InChI is InChI=1S/C26H31N7O.C23H29N5O2/c1-2-23-30-31-26(33(23)9-1)18-4-3-17-15-22-24(21(17)14-18)25(28-16-27-22)29-19-5-7-20(8-6-19)32-10-12-34-13-11-32;24-13-21(29)16-2-1-15-12-20-22(19(15)11-16)23(26-14-25-20)27-17-3-5-18(6-4-17)28-7-9-30-10-8-28/h3-4,14,16,19-20H,1-2,5-13,15H2,(H,27,28,29);1-2,11,14,17-18H,3-10,12-13,24H2,(H,25,26,27). The number of ketones is 1. The highest BCUT2D eigenvalue weighted by molar-refractivity contribution is 6.00. The van der Waals surface area contributed by atoms with E-state index in [1.165, 1.54) is 60.8 Å². The number of morpholine rings is 2. The Morgan fingerprint density at radius 2 is 1.20 bits per heavy atom. The summed E-state index contributed by atoms with van der Waals surface area (Å²) in [5.74, 6) is 3.93. The average molecular weight is 865 g/mol. The third-order valence-corrected chi connectivity index (χ3v) is 14.9. The number of benzene rings is 2. The van der Waals surface area contributed by atoms with Crippen molar-refractivity contribution in [2.24, 2.45) is 5.73 Å². The summed E-state index contributed by atoms with van der Waals surface area (Å²) in [5.41, 5.74) is 16.6. The molecule has 0 spiro atoms.